The van der Waals surface area contributed by atoms with E-state index in [4.69, 9.17) is 23.7 Å². The lowest BCUT2D eigenvalue weighted by Crippen LogP contribution is -2.62. The summed E-state index contributed by atoms with van der Waals surface area (Å²) in [7, 11) is 0. The monoisotopic (exact) mass is 588 g/mol. The first-order valence-corrected chi connectivity index (χ1v) is 14.0. The largest absolute Gasteiger partial charge is 0.458 e. The van der Waals surface area contributed by atoms with Gasteiger partial charge in [-0.2, -0.15) is 0 Å². The summed E-state index contributed by atoms with van der Waals surface area (Å²) in [4.78, 5) is 26.4. The van der Waals surface area contributed by atoms with E-state index in [0.717, 1.165) is 0 Å². The molecule has 0 bridgehead atoms. The Balaban J connectivity index is 1.30. The molecule has 3 fully saturated rings. The topological polar surface area (TPSA) is 222 Å². The van der Waals surface area contributed by atoms with Crippen molar-refractivity contribution in [2.75, 3.05) is 13.2 Å². The molecule has 0 unspecified atom stereocenters. The van der Waals surface area contributed by atoms with Gasteiger partial charge in [-0.1, -0.05) is 13.3 Å². The Morgan fingerprint density at radius 3 is 2.27 bits per heavy atom. The van der Waals surface area contributed by atoms with Gasteiger partial charge >= 0.3 is 11.9 Å². The number of esters is 2. The number of carbonyl (C=O) groups excluding carboxylic acids is 2. The van der Waals surface area contributed by atoms with Crippen LogP contribution in [0.2, 0.25) is 0 Å². The third-order valence-electron chi connectivity index (χ3n) is 9.84. The van der Waals surface area contributed by atoms with Gasteiger partial charge in [0.1, 0.15) is 49.3 Å². The molecule has 3 aliphatic heterocycles. The highest BCUT2D eigenvalue weighted by Crippen LogP contribution is 2.61. The van der Waals surface area contributed by atoms with E-state index < -0.39 is 103 Å². The summed E-state index contributed by atoms with van der Waals surface area (Å²) in [6.07, 6.45) is -14.3. The van der Waals surface area contributed by atoms with E-state index in [1.165, 1.54) is 6.92 Å². The van der Waals surface area contributed by atoms with Gasteiger partial charge in [0.15, 0.2) is 6.29 Å². The van der Waals surface area contributed by atoms with E-state index >= 15 is 0 Å². The minimum atomic E-state index is -1.81. The Bertz CT molecular complexity index is 1060. The molecule has 0 radical (unpaired) electrons. The Hall–Kier alpha value is -1.72. The molecule has 14 nitrogen and oxygen atoms in total. The van der Waals surface area contributed by atoms with Crippen LogP contribution in [0.25, 0.3) is 0 Å². The van der Waals surface area contributed by atoms with Crippen LogP contribution >= 0.6 is 0 Å². The average Bonchev–Trinajstić information content (AvgIpc) is 3.34. The highest BCUT2D eigenvalue weighted by atomic mass is 16.7. The van der Waals surface area contributed by atoms with Gasteiger partial charge in [-0.05, 0) is 39.0 Å². The molecular formula is C27H40O14. The molecule has 14 heteroatoms. The molecule has 3 heterocycles. The molecule has 2 aliphatic carbocycles. The van der Waals surface area contributed by atoms with Gasteiger partial charge in [0.2, 0.25) is 6.29 Å². The van der Waals surface area contributed by atoms with Crippen LogP contribution in [0, 0.1) is 16.7 Å². The standard InChI is InChI=1S/C27H40O14/c1-10-16(29)18(31)20(33)23(39-10)38-9-13-17(30)19(32)21(34)24(40-13)41-25(36)27(3)6-4-5-26(2)14(27)7-12(28)11-8-37-22(35)15(11)26/h10,12-14,16-21,23-24,28-34H,4-9H2,1-3H3/t10-,12-,13+,14+,16-,17+,18+,19-,20+,21+,23+,24-,26-,27-/m0/s1. The molecular weight excluding hydrogens is 548 g/mol. The fourth-order valence-electron chi connectivity index (χ4n) is 7.32. The van der Waals surface area contributed by atoms with Gasteiger partial charge in [-0.15, -0.1) is 0 Å². The molecule has 7 N–H and O–H groups in total. The molecule has 232 valence electrons. The van der Waals surface area contributed by atoms with Crippen molar-refractivity contribution < 1.29 is 69.0 Å². The van der Waals surface area contributed by atoms with Crippen molar-refractivity contribution in [3.63, 3.8) is 0 Å². The minimum Gasteiger partial charge on any atom is -0.458 e. The number of rotatable bonds is 5. The zero-order chi connectivity index (χ0) is 30.0. The Morgan fingerprint density at radius 1 is 0.902 bits per heavy atom. The lowest BCUT2D eigenvalue weighted by atomic mass is 9.49. The third-order valence-corrected chi connectivity index (χ3v) is 9.84. The first kappa shape index (κ1) is 30.7. The van der Waals surface area contributed by atoms with E-state index in [1.54, 1.807) is 6.92 Å². The van der Waals surface area contributed by atoms with Crippen molar-refractivity contribution >= 4 is 11.9 Å². The normalized spacial score (nSPS) is 50.1. The van der Waals surface area contributed by atoms with Crippen LogP contribution in [0.5, 0.6) is 0 Å². The molecule has 0 spiro atoms. The predicted octanol–water partition coefficient (Wildman–Crippen LogP) is -2.39. The lowest BCUT2D eigenvalue weighted by Gasteiger charge is -2.54. The summed E-state index contributed by atoms with van der Waals surface area (Å²) in [6, 6.07) is 0. The quantitative estimate of drug-likeness (QED) is 0.167. The van der Waals surface area contributed by atoms with Crippen LogP contribution in [0.4, 0.5) is 0 Å². The van der Waals surface area contributed by atoms with E-state index in [0.29, 0.717) is 30.4 Å². The highest BCUT2D eigenvalue weighted by molar-refractivity contribution is 5.94. The molecule has 5 aliphatic rings. The van der Waals surface area contributed by atoms with Crippen molar-refractivity contribution in [3.8, 4) is 0 Å². The van der Waals surface area contributed by atoms with Crippen LogP contribution in [0.15, 0.2) is 11.1 Å². The van der Waals surface area contributed by atoms with Crippen LogP contribution in [0.3, 0.4) is 0 Å². The Labute approximate surface area is 236 Å². The number of hydrogen-bond acceptors (Lipinski definition) is 14. The molecule has 0 aromatic heterocycles. The molecule has 1 saturated carbocycles. The molecule has 0 amide bonds. The van der Waals surface area contributed by atoms with Gasteiger partial charge in [-0.25, -0.2) is 4.79 Å². The maximum absolute atomic E-state index is 13.7. The summed E-state index contributed by atoms with van der Waals surface area (Å²) in [5, 5.41) is 72.5. The van der Waals surface area contributed by atoms with Crippen LogP contribution in [-0.2, 0) is 33.3 Å². The summed E-state index contributed by atoms with van der Waals surface area (Å²) < 4.78 is 27.3. The Kier molecular flexibility index (Phi) is 8.31. The van der Waals surface area contributed by atoms with Gasteiger partial charge in [0.25, 0.3) is 0 Å². The Morgan fingerprint density at radius 2 is 1.56 bits per heavy atom. The predicted molar refractivity (Wildman–Crippen MR) is 133 cm³/mol. The number of aliphatic hydroxyl groups is 7. The van der Waals surface area contributed by atoms with E-state index in [2.05, 4.69) is 0 Å². The number of hydrogen-bond donors (Lipinski definition) is 7. The van der Waals surface area contributed by atoms with Gasteiger partial charge in [0, 0.05) is 16.6 Å². The van der Waals surface area contributed by atoms with Gasteiger partial charge < -0.3 is 59.4 Å². The molecule has 0 aromatic carbocycles. The lowest BCUT2D eigenvalue weighted by molar-refractivity contribution is -0.325. The second-order valence-corrected chi connectivity index (χ2v) is 12.4. The molecule has 14 atom stereocenters. The molecule has 41 heavy (non-hydrogen) atoms. The summed E-state index contributed by atoms with van der Waals surface area (Å²) in [6.45, 7) is 4.55. The van der Waals surface area contributed by atoms with Crippen molar-refractivity contribution in [1.82, 2.24) is 0 Å². The molecule has 5 rings (SSSR count). The van der Waals surface area contributed by atoms with Crippen molar-refractivity contribution in [2.24, 2.45) is 16.7 Å². The van der Waals surface area contributed by atoms with Gasteiger partial charge in [-0.3, -0.25) is 4.79 Å². The number of ether oxygens (including phenoxy) is 5. The fourth-order valence-corrected chi connectivity index (χ4v) is 7.32. The van der Waals surface area contributed by atoms with Crippen molar-refractivity contribution in [2.45, 2.75) is 114 Å². The zero-order valence-electron chi connectivity index (χ0n) is 23.2. The van der Waals surface area contributed by atoms with Gasteiger partial charge in [0.05, 0.1) is 24.2 Å². The maximum Gasteiger partial charge on any atom is 0.335 e. The summed E-state index contributed by atoms with van der Waals surface area (Å²) in [5.74, 6) is -1.77. The minimum absolute atomic E-state index is 0.0198. The van der Waals surface area contributed by atoms with Crippen LogP contribution < -0.4 is 0 Å². The zero-order valence-corrected chi connectivity index (χ0v) is 23.2. The average molecular weight is 589 g/mol. The molecule has 2 saturated heterocycles. The van der Waals surface area contributed by atoms with Crippen molar-refractivity contribution in [1.29, 1.82) is 0 Å². The van der Waals surface area contributed by atoms with Crippen LogP contribution in [-0.4, -0.2) is 128 Å². The smallest absolute Gasteiger partial charge is 0.335 e. The molecule has 0 aromatic rings. The maximum atomic E-state index is 13.7. The second-order valence-electron chi connectivity index (χ2n) is 12.4. The number of aliphatic hydroxyl groups excluding tert-OH is 7. The van der Waals surface area contributed by atoms with E-state index in [-0.39, 0.29) is 13.0 Å². The second kappa shape index (κ2) is 11.1. The highest BCUT2D eigenvalue weighted by Gasteiger charge is 2.61. The number of cyclic esters (lactones) is 1. The third kappa shape index (κ3) is 5.01. The first-order chi connectivity index (χ1) is 19.2. The first-order valence-electron chi connectivity index (χ1n) is 14.0. The van der Waals surface area contributed by atoms with E-state index in [9.17, 15) is 45.3 Å². The SMILES string of the molecule is C[C@@H]1O[C@@H](OC[C@H]2O[C@@H](OC(=O)[C@@]3(C)CCC[C@]4(C)C5=C(COC5=O)[C@@H](O)C[C@@H]34)[C@H](O)[C@@H](O)[C@@H]2O)[C@H](O)[C@H](O)[C@H]1O. The van der Waals surface area contributed by atoms with E-state index in [1.807, 2.05) is 6.92 Å². The fraction of sp³-hybridized carbons (Fsp3) is 0.852. The van der Waals surface area contributed by atoms with Crippen molar-refractivity contribution in [3.05, 3.63) is 11.1 Å². The number of fused-ring (bicyclic) bond motifs is 2. The summed E-state index contributed by atoms with van der Waals surface area (Å²) in [5.41, 5.74) is -0.995. The number of carbonyl (C=O) groups is 2. The van der Waals surface area contributed by atoms with Crippen LogP contribution in [0.1, 0.15) is 46.5 Å². The summed E-state index contributed by atoms with van der Waals surface area (Å²) >= 11 is 0.